The molecule has 0 aliphatic heterocycles. The lowest BCUT2D eigenvalue weighted by Crippen LogP contribution is -2.35. The molecule has 0 radical (unpaired) electrons. The molecule has 1 N–H and O–H groups in total. The van der Waals surface area contributed by atoms with Crippen LogP contribution in [-0.4, -0.2) is 15.3 Å². The van der Waals surface area contributed by atoms with Crippen LogP contribution in [0.4, 0.5) is 13.2 Å². The predicted octanol–water partition coefficient (Wildman–Crippen LogP) is 4.09. The lowest BCUT2D eigenvalue weighted by Gasteiger charge is -2.24. The maximum absolute atomic E-state index is 12.2. The first-order valence-electron chi connectivity index (χ1n) is 6.56. The first kappa shape index (κ1) is 18.0. The van der Waals surface area contributed by atoms with Gasteiger partial charge in [0.15, 0.2) is 0 Å². The minimum atomic E-state index is -4.72. The molecule has 0 bridgehead atoms. The zero-order chi connectivity index (χ0) is 16.3. The van der Waals surface area contributed by atoms with Crippen LogP contribution in [0.15, 0.2) is 24.3 Å². The standard InChI is InChI=1S/C14H20F3NO2S/c1-5-12(18-21(19)13(2,3)4)10-7-6-8-11(9-10)20-14(15,16)17/h6-9,12,18H,5H2,1-4H3/t12-,21-/m0/s1. The van der Waals surface area contributed by atoms with Gasteiger partial charge in [-0.2, -0.15) is 0 Å². The van der Waals surface area contributed by atoms with Crippen molar-refractivity contribution >= 4 is 11.0 Å². The van der Waals surface area contributed by atoms with E-state index < -0.39 is 22.1 Å². The number of hydrogen-bond donors (Lipinski definition) is 1. The second-order valence-electron chi connectivity index (χ2n) is 5.58. The van der Waals surface area contributed by atoms with E-state index in [2.05, 4.69) is 9.46 Å². The molecular formula is C14H20F3NO2S. The van der Waals surface area contributed by atoms with Crippen LogP contribution < -0.4 is 9.46 Å². The molecule has 0 aliphatic carbocycles. The summed E-state index contributed by atoms with van der Waals surface area (Å²) in [5.74, 6) is -0.276. The Kier molecular flexibility index (Phi) is 5.81. The van der Waals surface area contributed by atoms with Gasteiger partial charge in [-0.25, -0.2) is 8.93 Å². The minimum Gasteiger partial charge on any atom is -0.406 e. The maximum Gasteiger partial charge on any atom is 0.573 e. The third kappa shape index (κ3) is 6.05. The van der Waals surface area contributed by atoms with Gasteiger partial charge in [0.1, 0.15) is 5.75 Å². The van der Waals surface area contributed by atoms with Crippen molar-refractivity contribution in [2.75, 3.05) is 0 Å². The van der Waals surface area contributed by atoms with E-state index in [-0.39, 0.29) is 11.8 Å². The highest BCUT2D eigenvalue weighted by Gasteiger charge is 2.31. The second-order valence-corrected chi connectivity index (χ2v) is 7.58. The molecular weight excluding hydrogens is 303 g/mol. The van der Waals surface area contributed by atoms with Gasteiger partial charge in [0.25, 0.3) is 0 Å². The normalized spacial score (nSPS) is 15.6. The topological polar surface area (TPSA) is 38.3 Å². The van der Waals surface area contributed by atoms with Gasteiger partial charge in [0.05, 0.1) is 15.7 Å². The van der Waals surface area contributed by atoms with E-state index >= 15 is 0 Å². The molecule has 0 aromatic heterocycles. The van der Waals surface area contributed by atoms with Crippen LogP contribution in [0.25, 0.3) is 0 Å². The Hall–Kier alpha value is -1.08. The van der Waals surface area contributed by atoms with Crippen molar-refractivity contribution in [2.45, 2.75) is 51.3 Å². The van der Waals surface area contributed by atoms with Gasteiger partial charge in [0.2, 0.25) is 0 Å². The molecule has 1 rings (SSSR count). The summed E-state index contributed by atoms with van der Waals surface area (Å²) in [6, 6.07) is 5.42. The van der Waals surface area contributed by atoms with Gasteiger partial charge in [-0.3, -0.25) is 0 Å². The van der Waals surface area contributed by atoms with E-state index in [1.54, 1.807) is 6.07 Å². The van der Waals surface area contributed by atoms with Crippen molar-refractivity contribution in [2.24, 2.45) is 0 Å². The SMILES string of the molecule is CC[C@H](N[S@@](=O)C(C)(C)C)c1cccc(OC(F)(F)F)c1. The maximum atomic E-state index is 12.2. The highest BCUT2D eigenvalue weighted by atomic mass is 32.2. The lowest BCUT2D eigenvalue weighted by molar-refractivity contribution is -0.274. The molecule has 1 aromatic rings. The third-order valence-corrected chi connectivity index (χ3v) is 4.32. The summed E-state index contributed by atoms with van der Waals surface area (Å²) in [4.78, 5) is 0. The molecule has 7 heteroatoms. The Labute approximate surface area is 125 Å². The summed E-state index contributed by atoms with van der Waals surface area (Å²) in [6.07, 6.45) is -4.13. The number of benzene rings is 1. The molecule has 0 spiro atoms. The molecule has 0 fully saturated rings. The molecule has 120 valence electrons. The van der Waals surface area contributed by atoms with E-state index in [1.807, 2.05) is 27.7 Å². The molecule has 0 saturated heterocycles. The summed E-state index contributed by atoms with van der Waals surface area (Å²) >= 11 is 0. The van der Waals surface area contributed by atoms with Gasteiger partial charge in [-0.15, -0.1) is 13.2 Å². The largest absolute Gasteiger partial charge is 0.573 e. The quantitative estimate of drug-likeness (QED) is 0.886. The summed E-state index contributed by atoms with van der Waals surface area (Å²) in [7, 11) is -1.31. The fraction of sp³-hybridized carbons (Fsp3) is 0.571. The van der Waals surface area contributed by atoms with Crippen LogP contribution in [0.1, 0.15) is 45.7 Å². The first-order chi connectivity index (χ1) is 9.53. The zero-order valence-electron chi connectivity index (χ0n) is 12.5. The van der Waals surface area contributed by atoms with Crippen LogP contribution in [0, 0.1) is 0 Å². The van der Waals surface area contributed by atoms with Crippen molar-refractivity contribution in [3.05, 3.63) is 29.8 Å². The predicted molar refractivity (Wildman–Crippen MR) is 77.2 cm³/mol. The molecule has 0 amide bonds. The summed E-state index contributed by atoms with van der Waals surface area (Å²) < 4.78 is 55.2. The van der Waals surface area contributed by atoms with E-state index in [1.165, 1.54) is 18.2 Å². The molecule has 0 aliphatic rings. The van der Waals surface area contributed by atoms with Crippen LogP contribution >= 0.6 is 0 Å². The number of nitrogens with one attached hydrogen (secondary N) is 1. The third-order valence-electron chi connectivity index (χ3n) is 2.71. The van der Waals surface area contributed by atoms with Crippen LogP contribution in [-0.2, 0) is 11.0 Å². The van der Waals surface area contributed by atoms with Crippen molar-refractivity contribution in [1.82, 2.24) is 4.72 Å². The van der Waals surface area contributed by atoms with Crippen LogP contribution in [0.2, 0.25) is 0 Å². The van der Waals surface area contributed by atoms with Gasteiger partial charge < -0.3 is 4.74 Å². The fourth-order valence-corrected chi connectivity index (χ4v) is 2.54. The minimum absolute atomic E-state index is 0.276. The van der Waals surface area contributed by atoms with Gasteiger partial charge >= 0.3 is 6.36 Å². The van der Waals surface area contributed by atoms with Crippen LogP contribution in [0.3, 0.4) is 0 Å². The van der Waals surface area contributed by atoms with Gasteiger partial charge in [-0.05, 0) is 44.9 Å². The molecule has 1 aromatic carbocycles. The number of alkyl halides is 3. The molecule has 0 saturated carbocycles. The monoisotopic (exact) mass is 323 g/mol. The number of halogens is 3. The highest BCUT2D eigenvalue weighted by molar-refractivity contribution is 7.84. The van der Waals surface area contributed by atoms with Crippen molar-refractivity contribution in [3.63, 3.8) is 0 Å². The number of rotatable bonds is 5. The van der Waals surface area contributed by atoms with E-state index in [0.717, 1.165) is 0 Å². The Morgan fingerprint density at radius 1 is 1.29 bits per heavy atom. The number of ether oxygens (including phenoxy) is 1. The first-order valence-corrected chi connectivity index (χ1v) is 7.71. The van der Waals surface area contributed by atoms with E-state index in [0.29, 0.717) is 12.0 Å². The smallest absolute Gasteiger partial charge is 0.406 e. The van der Waals surface area contributed by atoms with E-state index in [9.17, 15) is 17.4 Å². The van der Waals surface area contributed by atoms with Gasteiger partial charge in [0, 0.05) is 6.04 Å². The Morgan fingerprint density at radius 3 is 2.38 bits per heavy atom. The Morgan fingerprint density at radius 2 is 1.90 bits per heavy atom. The van der Waals surface area contributed by atoms with Crippen LogP contribution in [0.5, 0.6) is 5.75 Å². The summed E-state index contributed by atoms with van der Waals surface area (Å²) in [5.41, 5.74) is 0.608. The van der Waals surface area contributed by atoms with Crippen molar-refractivity contribution in [3.8, 4) is 5.75 Å². The summed E-state index contributed by atoms with van der Waals surface area (Å²) in [6.45, 7) is 7.35. The molecule has 2 atom stereocenters. The average Bonchev–Trinajstić information content (AvgIpc) is 2.32. The second kappa shape index (κ2) is 6.79. The van der Waals surface area contributed by atoms with Gasteiger partial charge in [-0.1, -0.05) is 19.1 Å². The number of hydrogen-bond acceptors (Lipinski definition) is 2. The lowest BCUT2D eigenvalue weighted by atomic mass is 10.1. The Balaban J connectivity index is 2.91. The molecule has 3 nitrogen and oxygen atoms in total. The average molecular weight is 323 g/mol. The van der Waals surface area contributed by atoms with E-state index in [4.69, 9.17) is 0 Å². The highest BCUT2D eigenvalue weighted by Crippen LogP contribution is 2.27. The zero-order valence-corrected chi connectivity index (χ0v) is 13.3. The van der Waals surface area contributed by atoms with Crippen molar-refractivity contribution < 1.29 is 22.1 Å². The molecule has 0 unspecified atom stereocenters. The Bertz CT molecular complexity index is 498. The van der Waals surface area contributed by atoms with Crippen molar-refractivity contribution in [1.29, 1.82) is 0 Å². The molecule has 0 heterocycles. The fourth-order valence-electron chi connectivity index (χ4n) is 1.62. The summed E-state index contributed by atoms with van der Waals surface area (Å²) in [5, 5.41) is 0. The molecule has 21 heavy (non-hydrogen) atoms.